The summed E-state index contributed by atoms with van der Waals surface area (Å²) < 4.78 is 12.0. The van der Waals surface area contributed by atoms with Crippen LogP contribution < -0.4 is 0 Å². The normalized spacial score (nSPS) is 28.8. The van der Waals surface area contributed by atoms with Gasteiger partial charge in [-0.1, -0.05) is 27.4 Å². The largest absolute Gasteiger partial charge is 0.414 e. The number of allylic oxidation sites excluding steroid dienone is 1. The molecule has 2 aliphatic rings. The first-order valence-electron chi connectivity index (χ1n) is 8.12. The smallest absolute Gasteiger partial charge is 0.236 e. The van der Waals surface area contributed by atoms with Crippen molar-refractivity contribution in [1.29, 1.82) is 0 Å². The number of nitrogens with zero attached hydrogens (tertiary/aromatic N) is 1. The molecule has 7 heteroatoms. The SMILES string of the molecule is C=C1[C@H](CO[Si](C)(C)C(C)(C)C)O[C@H](N2C=CC(=O)CC2=O)[C@H]1O. The molecule has 6 nitrogen and oxygen atoms in total. The summed E-state index contributed by atoms with van der Waals surface area (Å²) in [5.74, 6) is -0.634. The Bertz CT molecular complexity index is 578. The first kappa shape index (κ1) is 19.0. The summed E-state index contributed by atoms with van der Waals surface area (Å²) in [6, 6.07) is 0. The number of carbonyl (C=O) groups excluding carboxylic acids is 2. The van der Waals surface area contributed by atoms with E-state index >= 15 is 0 Å². The molecular formula is C17H27NO5Si. The second-order valence-electron chi connectivity index (χ2n) is 7.87. The molecule has 1 N–H and O–H groups in total. The fourth-order valence-corrected chi connectivity index (χ4v) is 3.34. The monoisotopic (exact) mass is 353 g/mol. The van der Waals surface area contributed by atoms with Crippen molar-refractivity contribution in [2.45, 2.75) is 63.8 Å². The maximum atomic E-state index is 12.0. The number of hydrogen-bond donors (Lipinski definition) is 1. The van der Waals surface area contributed by atoms with Gasteiger partial charge in [-0.2, -0.15) is 0 Å². The molecule has 0 unspecified atom stereocenters. The van der Waals surface area contributed by atoms with E-state index in [1.165, 1.54) is 17.2 Å². The Morgan fingerprint density at radius 1 is 1.42 bits per heavy atom. The van der Waals surface area contributed by atoms with Crippen molar-refractivity contribution in [3.63, 3.8) is 0 Å². The van der Waals surface area contributed by atoms with E-state index in [0.29, 0.717) is 12.2 Å². The molecular weight excluding hydrogens is 326 g/mol. The highest BCUT2D eigenvalue weighted by molar-refractivity contribution is 6.74. The van der Waals surface area contributed by atoms with E-state index in [1.54, 1.807) is 0 Å². The Balaban J connectivity index is 2.05. The van der Waals surface area contributed by atoms with Crippen LogP contribution in [0.3, 0.4) is 0 Å². The molecule has 2 aliphatic heterocycles. The Hall–Kier alpha value is -1.28. The van der Waals surface area contributed by atoms with Crippen molar-refractivity contribution < 1.29 is 23.9 Å². The van der Waals surface area contributed by atoms with Crippen LogP contribution in [-0.2, 0) is 18.8 Å². The minimum absolute atomic E-state index is 0.0664. The van der Waals surface area contributed by atoms with Crippen molar-refractivity contribution in [3.8, 4) is 0 Å². The highest BCUT2D eigenvalue weighted by Crippen LogP contribution is 2.38. The minimum Gasteiger partial charge on any atom is -0.414 e. The maximum absolute atomic E-state index is 12.0. The van der Waals surface area contributed by atoms with Crippen LogP contribution in [0.5, 0.6) is 0 Å². The lowest BCUT2D eigenvalue weighted by Gasteiger charge is -2.37. The van der Waals surface area contributed by atoms with E-state index in [1.807, 2.05) is 0 Å². The van der Waals surface area contributed by atoms with E-state index in [0.717, 1.165) is 0 Å². The van der Waals surface area contributed by atoms with Gasteiger partial charge in [-0.3, -0.25) is 14.5 Å². The minimum atomic E-state index is -1.95. The lowest BCUT2D eigenvalue weighted by molar-refractivity contribution is -0.148. The Labute approximate surface area is 144 Å². The van der Waals surface area contributed by atoms with Crippen LogP contribution in [0, 0.1) is 0 Å². The number of ether oxygens (including phenoxy) is 1. The summed E-state index contributed by atoms with van der Waals surface area (Å²) in [5.41, 5.74) is 0.497. The molecule has 2 rings (SSSR count). The Morgan fingerprint density at radius 2 is 2.04 bits per heavy atom. The standard InChI is InChI=1S/C17H27NO5Si/c1-11-13(10-22-24(5,6)17(2,3)4)23-16(15(11)21)18-8-7-12(19)9-14(18)20/h7-8,13,15-16,21H,1,9-10H2,2-6H3/t13-,15-,16-/m0/s1. The number of carbonyl (C=O) groups is 2. The van der Waals surface area contributed by atoms with Crippen LogP contribution in [0.1, 0.15) is 27.2 Å². The van der Waals surface area contributed by atoms with Gasteiger partial charge in [0.1, 0.15) is 12.2 Å². The van der Waals surface area contributed by atoms with E-state index in [2.05, 4.69) is 40.4 Å². The van der Waals surface area contributed by atoms with E-state index in [9.17, 15) is 14.7 Å². The fourth-order valence-electron chi connectivity index (χ4n) is 2.34. The van der Waals surface area contributed by atoms with Gasteiger partial charge < -0.3 is 14.3 Å². The van der Waals surface area contributed by atoms with Crippen LogP contribution >= 0.6 is 0 Å². The molecule has 0 aliphatic carbocycles. The molecule has 0 aromatic rings. The number of ketones is 1. The summed E-state index contributed by atoms with van der Waals surface area (Å²) in [5, 5.41) is 10.4. The molecule has 1 saturated heterocycles. The first-order valence-corrected chi connectivity index (χ1v) is 11.0. The van der Waals surface area contributed by atoms with Gasteiger partial charge in [-0.15, -0.1) is 0 Å². The zero-order valence-corrected chi connectivity index (χ0v) is 16.0. The molecule has 0 spiro atoms. The average Bonchev–Trinajstić information content (AvgIpc) is 2.72. The highest BCUT2D eigenvalue weighted by atomic mass is 28.4. The highest BCUT2D eigenvalue weighted by Gasteiger charge is 2.45. The third-order valence-electron chi connectivity index (χ3n) is 5.08. The van der Waals surface area contributed by atoms with Crippen molar-refractivity contribution >= 4 is 20.0 Å². The zero-order valence-electron chi connectivity index (χ0n) is 15.0. The molecule has 1 fully saturated rings. The van der Waals surface area contributed by atoms with Crippen LogP contribution in [0.15, 0.2) is 24.4 Å². The quantitative estimate of drug-likeness (QED) is 0.475. The van der Waals surface area contributed by atoms with Gasteiger partial charge >= 0.3 is 0 Å². The zero-order chi connectivity index (χ0) is 18.3. The molecule has 134 valence electrons. The lowest BCUT2D eigenvalue weighted by atomic mass is 10.1. The van der Waals surface area contributed by atoms with Gasteiger partial charge in [0.25, 0.3) is 0 Å². The second-order valence-corrected chi connectivity index (χ2v) is 12.7. The topological polar surface area (TPSA) is 76.1 Å². The van der Waals surface area contributed by atoms with Gasteiger partial charge in [0.15, 0.2) is 20.3 Å². The number of rotatable bonds is 4. The van der Waals surface area contributed by atoms with Gasteiger partial charge in [0.2, 0.25) is 5.91 Å². The molecule has 0 radical (unpaired) electrons. The van der Waals surface area contributed by atoms with Crippen molar-refractivity contribution in [3.05, 3.63) is 24.4 Å². The van der Waals surface area contributed by atoms with Crippen LogP contribution in [0.4, 0.5) is 0 Å². The predicted octanol–water partition coefficient (Wildman–Crippen LogP) is 1.97. The van der Waals surface area contributed by atoms with Gasteiger partial charge in [0.05, 0.1) is 13.0 Å². The number of aliphatic hydroxyl groups excluding tert-OH is 1. The van der Waals surface area contributed by atoms with E-state index in [4.69, 9.17) is 9.16 Å². The number of hydrogen-bond acceptors (Lipinski definition) is 5. The summed E-state index contributed by atoms with van der Waals surface area (Å²) in [7, 11) is -1.95. The molecule has 1 amide bonds. The third-order valence-corrected chi connectivity index (χ3v) is 9.58. The van der Waals surface area contributed by atoms with Crippen molar-refractivity contribution in [2.75, 3.05) is 6.61 Å². The molecule has 2 heterocycles. The van der Waals surface area contributed by atoms with E-state index < -0.39 is 26.8 Å². The summed E-state index contributed by atoms with van der Waals surface area (Å²) in [4.78, 5) is 24.6. The summed E-state index contributed by atoms with van der Waals surface area (Å²) in [6.45, 7) is 14.9. The maximum Gasteiger partial charge on any atom is 0.236 e. The number of aliphatic hydroxyl groups is 1. The molecule has 3 atom stereocenters. The molecule has 24 heavy (non-hydrogen) atoms. The Kier molecular flexibility index (Phi) is 5.20. The summed E-state index contributed by atoms with van der Waals surface area (Å²) in [6.07, 6.45) is 0.146. The second kappa shape index (κ2) is 6.55. The fraction of sp³-hybridized carbons (Fsp3) is 0.647. The molecule has 0 aromatic heterocycles. The van der Waals surface area contributed by atoms with Gasteiger partial charge in [-0.25, -0.2) is 0 Å². The molecule has 0 aromatic carbocycles. The van der Waals surface area contributed by atoms with Crippen LogP contribution in [-0.4, -0.2) is 55.1 Å². The van der Waals surface area contributed by atoms with Crippen molar-refractivity contribution in [2.24, 2.45) is 0 Å². The van der Waals surface area contributed by atoms with Crippen LogP contribution in [0.25, 0.3) is 0 Å². The van der Waals surface area contributed by atoms with Gasteiger partial charge in [0, 0.05) is 6.20 Å². The molecule has 0 saturated carbocycles. The lowest BCUT2D eigenvalue weighted by Crippen LogP contribution is -2.45. The van der Waals surface area contributed by atoms with E-state index in [-0.39, 0.29) is 23.1 Å². The average molecular weight is 353 g/mol. The predicted molar refractivity (Wildman–Crippen MR) is 92.6 cm³/mol. The molecule has 0 bridgehead atoms. The summed E-state index contributed by atoms with van der Waals surface area (Å²) >= 11 is 0. The first-order chi connectivity index (χ1) is 10.9. The van der Waals surface area contributed by atoms with Crippen LogP contribution in [0.2, 0.25) is 18.1 Å². The van der Waals surface area contributed by atoms with Crippen molar-refractivity contribution in [1.82, 2.24) is 4.90 Å². The third kappa shape index (κ3) is 3.69. The van der Waals surface area contributed by atoms with Gasteiger partial charge in [-0.05, 0) is 29.8 Å². The number of amides is 1. The Morgan fingerprint density at radius 3 is 2.58 bits per heavy atom.